The second-order valence-electron chi connectivity index (χ2n) is 5.88. The molecule has 120 valence electrons. The van der Waals surface area contributed by atoms with E-state index >= 15 is 0 Å². The lowest BCUT2D eigenvalue weighted by Crippen LogP contribution is -2.36. The molecule has 1 aliphatic rings. The van der Waals surface area contributed by atoms with Crippen LogP contribution in [0.2, 0.25) is 0 Å². The van der Waals surface area contributed by atoms with Crippen molar-refractivity contribution in [2.75, 3.05) is 25.5 Å². The van der Waals surface area contributed by atoms with Gasteiger partial charge in [-0.05, 0) is 43.9 Å². The van der Waals surface area contributed by atoms with Crippen LogP contribution < -0.4 is 5.32 Å². The minimum absolute atomic E-state index is 0.107. The number of nitrogens with zero attached hydrogens (tertiary/aromatic N) is 1. The van der Waals surface area contributed by atoms with E-state index in [0.29, 0.717) is 6.54 Å². The van der Waals surface area contributed by atoms with Crippen LogP contribution in [0.25, 0.3) is 0 Å². The molecule has 22 heavy (non-hydrogen) atoms. The Morgan fingerprint density at radius 2 is 2.14 bits per heavy atom. The number of ether oxygens (including phenoxy) is 1. The largest absolute Gasteiger partial charge is 0.376 e. The van der Waals surface area contributed by atoms with Gasteiger partial charge in [0.05, 0.1) is 6.10 Å². The Labute approximate surface area is 131 Å². The Morgan fingerprint density at radius 3 is 2.82 bits per heavy atom. The van der Waals surface area contributed by atoms with Crippen molar-refractivity contribution in [3.05, 3.63) is 29.3 Å². The molecule has 0 aliphatic carbocycles. The molecule has 5 nitrogen and oxygen atoms in total. The van der Waals surface area contributed by atoms with E-state index in [1.54, 1.807) is 11.9 Å². The number of hydrogen-bond donors (Lipinski definition) is 1. The molecule has 0 aromatic heterocycles. The highest BCUT2D eigenvalue weighted by Gasteiger charge is 2.21. The summed E-state index contributed by atoms with van der Waals surface area (Å²) in [4.78, 5) is 25.7. The summed E-state index contributed by atoms with van der Waals surface area (Å²) in [7, 11) is 1.72. The van der Waals surface area contributed by atoms with Crippen molar-refractivity contribution in [1.82, 2.24) is 4.90 Å². The van der Waals surface area contributed by atoms with Crippen LogP contribution in [0.5, 0.6) is 0 Å². The highest BCUT2D eigenvalue weighted by Crippen LogP contribution is 2.18. The number of anilines is 1. The number of carbonyl (C=O) groups excluding carboxylic acids is 2. The summed E-state index contributed by atoms with van der Waals surface area (Å²) in [5.74, 6) is -0.462. The molecule has 1 fully saturated rings. The highest BCUT2D eigenvalue weighted by atomic mass is 16.5. The molecule has 5 heteroatoms. The van der Waals surface area contributed by atoms with Gasteiger partial charge in [0.25, 0.3) is 0 Å². The van der Waals surface area contributed by atoms with Crippen molar-refractivity contribution in [3.8, 4) is 0 Å². The highest BCUT2D eigenvalue weighted by molar-refractivity contribution is 6.03. The third kappa shape index (κ3) is 4.31. The molecule has 2 rings (SSSR count). The summed E-state index contributed by atoms with van der Waals surface area (Å²) >= 11 is 0. The number of aryl methyl sites for hydroxylation is 1. The Hall–Kier alpha value is -1.88. The predicted molar refractivity (Wildman–Crippen MR) is 85.8 cm³/mol. The molecule has 1 atom stereocenters. The molecule has 0 saturated carbocycles. The Kier molecular flexibility index (Phi) is 5.55. The van der Waals surface area contributed by atoms with Gasteiger partial charge in [-0.2, -0.15) is 0 Å². The minimum atomic E-state index is -0.280. The van der Waals surface area contributed by atoms with Gasteiger partial charge >= 0.3 is 0 Å². The van der Waals surface area contributed by atoms with Crippen molar-refractivity contribution in [3.63, 3.8) is 0 Å². The van der Waals surface area contributed by atoms with E-state index in [4.69, 9.17) is 4.74 Å². The third-order valence-electron chi connectivity index (χ3n) is 4.12. The van der Waals surface area contributed by atoms with Gasteiger partial charge in [-0.1, -0.05) is 12.1 Å². The number of benzene rings is 1. The van der Waals surface area contributed by atoms with E-state index in [-0.39, 0.29) is 24.3 Å². The first-order chi connectivity index (χ1) is 10.5. The molecule has 1 saturated heterocycles. The normalized spacial score (nSPS) is 17.3. The summed E-state index contributed by atoms with van der Waals surface area (Å²) in [5, 5.41) is 2.81. The number of rotatable bonds is 5. The summed E-state index contributed by atoms with van der Waals surface area (Å²) in [6, 6.07) is 5.73. The molecule has 0 spiro atoms. The third-order valence-corrected chi connectivity index (χ3v) is 4.12. The molecule has 0 bridgehead atoms. The van der Waals surface area contributed by atoms with E-state index in [1.807, 2.05) is 32.0 Å². The van der Waals surface area contributed by atoms with Gasteiger partial charge in [0.15, 0.2) is 0 Å². The van der Waals surface area contributed by atoms with Crippen LogP contribution in [0.3, 0.4) is 0 Å². The maximum Gasteiger partial charge on any atom is 0.233 e. The lowest BCUT2D eigenvalue weighted by Gasteiger charge is -2.20. The van der Waals surface area contributed by atoms with Crippen LogP contribution in [0.4, 0.5) is 5.69 Å². The average molecular weight is 304 g/mol. The van der Waals surface area contributed by atoms with E-state index in [9.17, 15) is 9.59 Å². The first-order valence-electron chi connectivity index (χ1n) is 7.69. The van der Waals surface area contributed by atoms with E-state index < -0.39 is 0 Å². The average Bonchev–Trinajstić information content (AvgIpc) is 2.96. The first-order valence-corrected chi connectivity index (χ1v) is 7.69. The Morgan fingerprint density at radius 1 is 1.36 bits per heavy atom. The van der Waals surface area contributed by atoms with Gasteiger partial charge in [-0.3, -0.25) is 9.59 Å². The Bertz CT molecular complexity index is 551. The Balaban J connectivity index is 1.85. The molecular formula is C17H24N2O3. The van der Waals surface area contributed by atoms with Crippen molar-refractivity contribution < 1.29 is 14.3 Å². The molecule has 2 amide bonds. The molecule has 1 N–H and O–H groups in total. The molecule has 1 aromatic rings. The van der Waals surface area contributed by atoms with Gasteiger partial charge < -0.3 is 15.0 Å². The predicted octanol–water partition coefficient (Wildman–Crippen LogP) is 2.27. The van der Waals surface area contributed by atoms with Crippen LogP contribution in [-0.2, 0) is 14.3 Å². The smallest absolute Gasteiger partial charge is 0.233 e. The van der Waals surface area contributed by atoms with E-state index in [0.717, 1.165) is 36.3 Å². The van der Waals surface area contributed by atoms with Gasteiger partial charge in [-0.15, -0.1) is 0 Å². The van der Waals surface area contributed by atoms with Gasteiger partial charge in [0, 0.05) is 25.9 Å². The number of hydrogen-bond acceptors (Lipinski definition) is 3. The monoisotopic (exact) mass is 304 g/mol. The molecule has 1 unspecified atom stereocenters. The fourth-order valence-electron chi connectivity index (χ4n) is 2.55. The van der Waals surface area contributed by atoms with Gasteiger partial charge in [0.1, 0.15) is 6.42 Å². The van der Waals surface area contributed by atoms with Crippen LogP contribution >= 0.6 is 0 Å². The number of amides is 2. The topological polar surface area (TPSA) is 58.6 Å². The summed E-state index contributed by atoms with van der Waals surface area (Å²) in [6.45, 7) is 5.26. The molecular weight excluding hydrogens is 280 g/mol. The van der Waals surface area contributed by atoms with Crippen molar-refractivity contribution >= 4 is 17.5 Å². The summed E-state index contributed by atoms with van der Waals surface area (Å²) in [6.07, 6.45) is 1.99. The minimum Gasteiger partial charge on any atom is -0.376 e. The second-order valence-corrected chi connectivity index (χ2v) is 5.88. The van der Waals surface area contributed by atoms with Crippen LogP contribution in [0.15, 0.2) is 18.2 Å². The SMILES string of the molecule is Cc1cccc(NC(=O)CC(=O)N(C)CC2CCCO2)c1C. The second kappa shape index (κ2) is 7.40. The van der Waals surface area contributed by atoms with Crippen molar-refractivity contribution in [2.24, 2.45) is 0 Å². The molecule has 1 heterocycles. The zero-order valence-electron chi connectivity index (χ0n) is 13.5. The van der Waals surface area contributed by atoms with E-state index in [1.165, 1.54) is 0 Å². The number of nitrogens with one attached hydrogen (secondary N) is 1. The summed E-state index contributed by atoms with van der Waals surface area (Å²) < 4.78 is 5.51. The summed E-state index contributed by atoms with van der Waals surface area (Å²) in [5.41, 5.74) is 2.90. The molecule has 0 radical (unpaired) electrons. The molecule has 1 aromatic carbocycles. The first kappa shape index (κ1) is 16.5. The van der Waals surface area contributed by atoms with Gasteiger partial charge in [-0.25, -0.2) is 0 Å². The fourth-order valence-corrected chi connectivity index (χ4v) is 2.55. The standard InChI is InChI=1S/C17H24N2O3/c1-12-6-4-8-15(13(12)2)18-16(20)10-17(21)19(3)11-14-7-5-9-22-14/h4,6,8,14H,5,7,9-11H2,1-3H3,(H,18,20). The lowest BCUT2D eigenvalue weighted by atomic mass is 10.1. The zero-order chi connectivity index (χ0) is 16.1. The van der Waals surface area contributed by atoms with Crippen molar-refractivity contribution in [2.45, 2.75) is 39.2 Å². The van der Waals surface area contributed by atoms with Gasteiger partial charge in [0.2, 0.25) is 11.8 Å². The fraction of sp³-hybridized carbons (Fsp3) is 0.529. The van der Waals surface area contributed by atoms with Crippen LogP contribution in [-0.4, -0.2) is 43.0 Å². The van der Waals surface area contributed by atoms with Crippen LogP contribution in [0.1, 0.15) is 30.4 Å². The van der Waals surface area contributed by atoms with E-state index in [2.05, 4.69) is 5.32 Å². The maximum absolute atomic E-state index is 12.1. The molecule has 1 aliphatic heterocycles. The van der Waals surface area contributed by atoms with Crippen molar-refractivity contribution in [1.29, 1.82) is 0 Å². The van der Waals surface area contributed by atoms with Crippen LogP contribution in [0, 0.1) is 13.8 Å². The lowest BCUT2D eigenvalue weighted by molar-refractivity contribution is -0.134. The maximum atomic E-state index is 12.1. The quantitative estimate of drug-likeness (QED) is 0.849. The number of carbonyl (C=O) groups is 2. The zero-order valence-corrected chi connectivity index (χ0v) is 13.5. The number of likely N-dealkylation sites (N-methyl/N-ethyl adjacent to an activating group) is 1.